The fourth-order valence-corrected chi connectivity index (χ4v) is 2.54. The number of aromatic nitrogens is 2. The molecule has 0 saturated heterocycles. The van der Waals surface area contributed by atoms with Crippen LogP contribution in [0.25, 0.3) is 0 Å². The van der Waals surface area contributed by atoms with E-state index in [1.165, 1.54) is 0 Å². The SMILES string of the molecule is CN=C(NCCc1csc(C)n1)NCc1cccc(OC)n1.I. The van der Waals surface area contributed by atoms with Gasteiger partial charge in [-0.2, -0.15) is 0 Å². The van der Waals surface area contributed by atoms with Gasteiger partial charge in [0.1, 0.15) is 0 Å². The second-order valence-corrected chi connectivity index (χ2v) is 5.69. The summed E-state index contributed by atoms with van der Waals surface area (Å²) in [5, 5.41) is 9.69. The molecule has 2 rings (SSSR count). The van der Waals surface area contributed by atoms with E-state index in [1.54, 1.807) is 25.5 Å². The molecule has 0 aliphatic heterocycles. The van der Waals surface area contributed by atoms with Crippen molar-refractivity contribution in [2.45, 2.75) is 19.9 Å². The van der Waals surface area contributed by atoms with Crippen molar-refractivity contribution in [3.63, 3.8) is 0 Å². The van der Waals surface area contributed by atoms with Gasteiger partial charge in [-0.1, -0.05) is 6.07 Å². The lowest BCUT2D eigenvalue weighted by Gasteiger charge is -2.11. The Morgan fingerprint density at radius 3 is 2.74 bits per heavy atom. The van der Waals surface area contributed by atoms with Crippen LogP contribution in [0, 0.1) is 6.92 Å². The van der Waals surface area contributed by atoms with Gasteiger partial charge < -0.3 is 15.4 Å². The second kappa shape index (κ2) is 10.4. The third-order valence-electron chi connectivity index (χ3n) is 2.99. The molecule has 2 N–H and O–H groups in total. The maximum absolute atomic E-state index is 5.11. The van der Waals surface area contributed by atoms with Crippen LogP contribution in [-0.2, 0) is 13.0 Å². The van der Waals surface area contributed by atoms with Crippen molar-refractivity contribution in [2.75, 3.05) is 20.7 Å². The lowest BCUT2D eigenvalue weighted by molar-refractivity contribution is 0.396. The molecule has 0 aliphatic carbocycles. The number of nitrogens with one attached hydrogen (secondary N) is 2. The van der Waals surface area contributed by atoms with Crippen molar-refractivity contribution < 1.29 is 4.74 Å². The molecule has 2 aromatic rings. The number of halogens is 1. The molecule has 6 nitrogen and oxygen atoms in total. The summed E-state index contributed by atoms with van der Waals surface area (Å²) < 4.78 is 5.11. The number of nitrogens with zero attached hydrogens (tertiary/aromatic N) is 3. The maximum Gasteiger partial charge on any atom is 0.213 e. The number of guanidine groups is 1. The Labute approximate surface area is 157 Å². The molecular weight excluding hydrogens is 425 g/mol. The molecule has 23 heavy (non-hydrogen) atoms. The fraction of sp³-hybridized carbons (Fsp3) is 0.400. The third-order valence-corrected chi connectivity index (χ3v) is 3.81. The van der Waals surface area contributed by atoms with E-state index in [0.717, 1.165) is 35.3 Å². The van der Waals surface area contributed by atoms with Crippen molar-refractivity contribution in [1.82, 2.24) is 20.6 Å². The smallest absolute Gasteiger partial charge is 0.213 e. The lowest BCUT2D eigenvalue weighted by Crippen LogP contribution is -2.38. The topological polar surface area (TPSA) is 71.4 Å². The van der Waals surface area contributed by atoms with Crippen molar-refractivity contribution in [3.05, 3.63) is 40.0 Å². The highest BCUT2D eigenvalue weighted by molar-refractivity contribution is 14.0. The Bertz CT molecular complexity index is 632. The van der Waals surface area contributed by atoms with Gasteiger partial charge in [0.15, 0.2) is 5.96 Å². The summed E-state index contributed by atoms with van der Waals surface area (Å²) in [7, 11) is 3.36. The molecule has 2 aromatic heterocycles. The number of aliphatic imine (C=N–C) groups is 1. The molecule has 0 saturated carbocycles. The minimum atomic E-state index is 0. The number of thiazole rings is 1. The van der Waals surface area contributed by atoms with Gasteiger partial charge in [0.05, 0.1) is 30.1 Å². The molecule has 0 amide bonds. The fourth-order valence-electron chi connectivity index (χ4n) is 1.90. The van der Waals surface area contributed by atoms with E-state index in [4.69, 9.17) is 4.74 Å². The molecule has 0 bridgehead atoms. The zero-order valence-corrected chi connectivity index (χ0v) is 16.6. The van der Waals surface area contributed by atoms with Gasteiger partial charge in [-0.05, 0) is 13.0 Å². The van der Waals surface area contributed by atoms with Gasteiger partial charge in [0, 0.05) is 31.5 Å². The van der Waals surface area contributed by atoms with E-state index in [-0.39, 0.29) is 24.0 Å². The van der Waals surface area contributed by atoms with Gasteiger partial charge in [-0.25, -0.2) is 9.97 Å². The van der Waals surface area contributed by atoms with Crippen LogP contribution in [0.1, 0.15) is 16.4 Å². The summed E-state index contributed by atoms with van der Waals surface area (Å²) in [6.07, 6.45) is 0.877. The summed E-state index contributed by atoms with van der Waals surface area (Å²) >= 11 is 1.68. The third kappa shape index (κ3) is 6.69. The molecule has 0 radical (unpaired) electrons. The largest absolute Gasteiger partial charge is 0.481 e. The van der Waals surface area contributed by atoms with Gasteiger partial charge in [0.2, 0.25) is 5.88 Å². The predicted octanol–water partition coefficient (Wildman–Crippen LogP) is 2.38. The molecular formula is C15H22IN5OS. The Morgan fingerprint density at radius 1 is 1.26 bits per heavy atom. The van der Waals surface area contributed by atoms with Crippen molar-refractivity contribution in [2.24, 2.45) is 4.99 Å². The van der Waals surface area contributed by atoms with Crippen molar-refractivity contribution >= 4 is 41.3 Å². The van der Waals surface area contributed by atoms with Crippen LogP contribution in [0.4, 0.5) is 0 Å². The van der Waals surface area contributed by atoms with Gasteiger partial charge in [0.25, 0.3) is 0 Å². The highest BCUT2D eigenvalue weighted by Crippen LogP contribution is 2.08. The van der Waals surface area contributed by atoms with Gasteiger partial charge in [-0.15, -0.1) is 35.3 Å². The molecule has 0 atom stereocenters. The van der Waals surface area contributed by atoms with Crippen LogP contribution in [0.5, 0.6) is 5.88 Å². The number of aryl methyl sites for hydroxylation is 1. The Morgan fingerprint density at radius 2 is 2.09 bits per heavy atom. The van der Waals surface area contributed by atoms with Crippen LogP contribution < -0.4 is 15.4 Å². The Kier molecular flexibility index (Phi) is 8.85. The van der Waals surface area contributed by atoms with E-state index in [2.05, 4.69) is 31.0 Å². The average Bonchev–Trinajstić information content (AvgIpc) is 2.96. The Balaban J connectivity index is 0.00000264. The van der Waals surface area contributed by atoms with Crippen LogP contribution in [0.3, 0.4) is 0 Å². The van der Waals surface area contributed by atoms with Crippen molar-refractivity contribution in [1.29, 1.82) is 0 Å². The number of hydrogen-bond donors (Lipinski definition) is 2. The highest BCUT2D eigenvalue weighted by Gasteiger charge is 2.02. The molecule has 126 valence electrons. The summed E-state index contributed by atoms with van der Waals surface area (Å²) in [4.78, 5) is 13.0. The summed E-state index contributed by atoms with van der Waals surface area (Å²) in [5.41, 5.74) is 2.01. The summed E-state index contributed by atoms with van der Waals surface area (Å²) in [5.74, 6) is 1.36. The van der Waals surface area contributed by atoms with Gasteiger partial charge in [-0.3, -0.25) is 4.99 Å². The Hall–Kier alpha value is -1.42. The molecule has 0 spiro atoms. The first-order chi connectivity index (χ1) is 10.7. The minimum Gasteiger partial charge on any atom is -0.481 e. The van der Waals surface area contributed by atoms with Crippen molar-refractivity contribution in [3.8, 4) is 5.88 Å². The number of hydrogen-bond acceptors (Lipinski definition) is 5. The molecule has 0 aliphatic rings. The average molecular weight is 447 g/mol. The first kappa shape index (κ1) is 19.6. The van der Waals surface area contributed by atoms with E-state index in [1.807, 2.05) is 25.1 Å². The standard InChI is InChI=1S/C15H21N5OS.HI/c1-11-19-13(10-22-11)7-8-17-15(16-2)18-9-12-5-4-6-14(20-12)21-3;/h4-6,10H,7-9H2,1-3H3,(H2,16,17,18);1H. The van der Waals surface area contributed by atoms with Crippen LogP contribution in [0.2, 0.25) is 0 Å². The summed E-state index contributed by atoms with van der Waals surface area (Å²) in [6, 6.07) is 5.69. The molecule has 0 aromatic carbocycles. The second-order valence-electron chi connectivity index (χ2n) is 4.63. The zero-order chi connectivity index (χ0) is 15.8. The highest BCUT2D eigenvalue weighted by atomic mass is 127. The van der Waals surface area contributed by atoms with E-state index in [0.29, 0.717) is 12.4 Å². The first-order valence-corrected chi connectivity index (χ1v) is 7.94. The zero-order valence-electron chi connectivity index (χ0n) is 13.5. The number of rotatable bonds is 6. The lowest BCUT2D eigenvalue weighted by atomic mass is 10.3. The normalized spacial score (nSPS) is 10.8. The maximum atomic E-state index is 5.11. The molecule has 0 fully saturated rings. The number of ether oxygens (including phenoxy) is 1. The number of pyridine rings is 1. The number of methoxy groups -OCH3 is 1. The van der Waals surface area contributed by atoms with Crippen LogP contribution >= 0.6 is 35.3 Å². The quantitative estimate of drug-likeness (QED) is 0.404. The predicted molar refractivity (Wildman–Crippen MR) is 105 cm³/mol. The van der Waals surface area contributed by atoms with Gasteiger partial charge >= 0.3 is 0 Å². The van der Waals surface area contributed by atoms with Crippen LogP contribution in [0.15, 0.2) is 28.6 Å². The molecule has 0 unspecified atom stereocenters. The van der Waals surface area contributed by atoms with E-state index < -0.39 is 0 Å². The summed E-state index contributed by atoms with van der Waals surface area (Å²) in [6.45, 7) is 3.39. The molecule has 8 heteroatoms. The minimum absolute atomic E-state index is 0. The van der Waals surface area contributed by atoms with E-state index in [9.17, 15) is 0 Å². The van der Waals surface area contributed by atoms with Crippen LogP contribution in [-0.4, -0.2) is 36.6 Å². The monoisotopic (exact) mass is 447 g/mol. The molecule has 2 heterocycles. The van der Waals surface area contributed by atoms with E-state index >= 15 is 0 Å². The first-order valence-electron chi connectivity index (χ1n) is 7.06.